The molecule has 1 unspecified atom stereocenters. The third-order valence-electron chi connectivity index (χ3n) is 3.96. The van der Waals surface area contributed by atoms with Gasteiger partial charge in [-0.25, -0.2) is 0 Å². The van der Waals surface area contributed by atoms with E-state index in [9.17, 15) is 13.6 Å². The molecule has 8 heteroatoms. The van der Waals surface area contributed by atoms with Crippen LogP contribution in [-0.2, 0) is 21.6 Å². The Morgan fingerprint density at radius 1 is 1.11 bits per heavy atom. The van der Waals surface area contributed by atoms with E-state index in [0.29, 0.717) is 23.4 Å². The minimum atomic E-state index is -2.11. The van der Waals surface area contributed by atoms with Gasteiger partial charge in [0, 0.05) is 17.2 Å². The molecule has 0 saturated heterocycles. The maximum absolute atomic E-state index is 10.9. The van der Waals surface area contributed by atoms with Crippen molar-refractivity contribution < 1.29 is 13.6 Å². The number of anilines is 2. The number of benzene rings is 2. The highest BCUT2D eigenvalue weighted by Crippen LogP contribution is 2.32. The van der Waals surface area contributed by atoms with Gasteiger partial charge in [0.2, 0.25) is 6.41 Å². The van der Waals surface area contributed by atoms with E-state index >= 15 is 0 Å². The first-order valence-electron chi connectivity index (χ1n) is 8.40. The molecule has 3 rings (SSSR count). The summed E-state index contributed by atoms with van der Waals surface area (Å²) in [4.78, 5) is 10.9. The summed E-state index contributed by atoms with van der Waals surface area (Å²) >= 11 is -2.11. The molecule has 0 fully saturated rings. The van der Waals surface area contributed by atoms with Crippen LogP contribution in [0, 0.1) is 0 Å². The number of fused-ring (bicyclic) bond motifs is 1. The minimum absolute atomic E-state index is 0.00320. The lowest BCUT2D eigenvalue weighted by atomic mass is 10.0. The first-order valence-corrected chi connectivity index (χ1v) is 9.64. The van der Waals surface area contributed by atoms with E-state index < -0.39 is 11.1 Å². The normalized spacial score (nSPS) is 12.1. The van der Waals surface area contributed by atoms with Crippen molar-refractivity contribution in [3.63, 3.8) is 0 Å². The van der Waals surface area contributed by atoms with Gasteiger partial charge in [-0.3, -0.25) is 9.00 Å². The molecule has 0 radical (unpaired) electrons. The van der Waals surface area contributed by atoms with Crippen molar-refractivity contribution in [1.29, 1.82) is 0 Å². The summed E-state index contributed by atoms with van der Waals surface area (Å²) in [6, 6.07) is 13.3. The molecule has 27 heavy (non-hydrogen) atoms. The summed E-state index contributed by atoms with van der Waals surface area (Å²) in [5.41, 5.74) is 4.06. The second-order valence-electron chi connectivity index (χ2n) is 6.36. The number of aromatic nitrogens is 2. The number of rotatable bonds is 7. The average Bonchev–Trinajstić information content (AvgIpc) is 2.63. The Hall–Kier alpha value is -2.84. The molecule has 2 aromatic carbocycles. The summed E-state index contributed by atoms with van der Waals surface area (Å²) in [7, 11) is 0. The monoisotopic (exact) mass is 383 g/mol. The highest BCUT2D eigenvalue weighted by Gasteiger charge is 2.13. The Morgan fingerprint density at radius 3 is 2.44 bits per heavy atom. The molecule has 1 atom stereocenters. The Balaban J connectivity index is 2.07. The molecular formula is C19H19N4O3S-. The van der Waals surface area contributed by atoms with E-state index in [1.165, 1.54) is 0 Å². The zero-order chi connectivity index (χ0) is 19.4. The quantitative estimate of drug-likeness (QED) is 0.480. The SMILES string of the molecule is CC(C)Nc1c(NC=O)nnc2ccc(-c3ccc(CS(=O)[O-])cc3)cc12. The van der Waals surface area contributed by atoms with Crippen LogP contribution in [0.1, 0.15) is 19.4 Å². The van der Waals surface area contributed by atoms with E-state index in [1.54, 1.807) is 12.1 Å². The Labute approximate surface area is 159 Å². The lowest BCUT2D eigenvalue weighted by molar-refractivity contribution is -0.105. The molecule has 0 spiro atoms. The van der Waals surface area contributed by atoms with Crippen LogP contribution in [0.4, 0.5) is 11.5 Å². The molecule has 0 aliphatic rings. The molecule has 0 aliphatic heterocycles. The fraction of sp³-hybridized carbons (Fsp3) is 0.211. The van der Waals surface area contributed by atoms with Gasteiger partial charge in [0.15, 0.2) is 5.82 Å². The van der Waals surface area contributed by atoms with Crippen LogP contribution in [0.2, 0.25) is 0 Å². The molecule has 7 nitrogen and oxygen atoms in total. The molecule has 0 saturated carbocycles. The number of hydrogen-bond acceptors (Lipinski definition) is 6. The van der Waals surface area contributed by atoms with Gasteiger partial charge in [-0.15, -0.1) is 10.2 Å². The first-order chi connectivity index (χ1) is 13.0. The molecule has 1 amide bonds. The van der Waals surface area contributed by atoms with E-state index in [0.717, 1.165) is 22.1 Å². The minimum Gasteiger partial charge on any atom is -0.772 e. The largest absolute Gasteiger partial charge is 0.772 e. The van der Waals surface area contributed by atoms with Crippen LogP contribution in [0.15, 0.2) is 42.5 Å². The lowest BCUT2D eigenvalue weighted by Crippen LogP contribution is -2.13. The molecule has 140 valence electrons. The van der Waals surface area contributed by atoms with Gasteiger partial charge in [0.05, 0.1) is 11.2 Å². The van der Waals surface area contributed by atoms with Gasteiger partial charge in [-0.1, -0.05) is 41.4 Å². The number of nitrogens with zero attached hydrogens (tertiary/aromatic N) is 2. The van der Waals surface area contributed by atoms with Crippen molar-refractivity contribution in [2.24, 2.45) is 0 Å². The van der Waals surface area contributed by atoms with E-state index in [-0.39, 0.29) is 11.8 Å². The summed E-state index contributed by atoms with van der Waals surface area (Å²) in [5.74, 6) is 0.369. The van der Waals surface area contributed by atoms with E-state index in [1.807, 2.05) is 44.2 Å². The van der Waals surface area contributed by atoms with Crippen molar-refractivity contribution in [2.75, 3.05) is 10.6 Å². The topological polar surface area (TPSA) is 107 Å². The van der Waals surface area contributed by atoms with Gasteiger partial charge < -0.3 is 15.2 Å². The maximum atomic E-state index is 10.9. The van der Waals surface area contributed by atoms with Crippen LogP contribution in [0.25, 0.3) is 22.0 Å². The maximum Gasteiger partial charge on any atom is 0.212 e. The molecule has 1 heterocycles. The second kappa shape index (κ2) is 8.24. The van der Waals surface area contributed by atoms with Crippen molar-refractivity contribution >= 4 is 39.9 Å². The smallest absolute Gasteiger partial charge is 0.212 e. The van der Waals surface area contributed by atoms with Gasteiger partial charge in [-0.05, 0) is 42.7 Å². The van der Waals surface area contributed by atoms with Crippen molar-refractivity contribution in [3.05, 3.63) is 48.0 Å². The summed E-state index contributed by atoms with van der Waals surface area (Å²) in [5, 5.41) is 15.0. The Bertz CT molecular complexity index is 990. The highest BCUT2D eigenvalue weighted by atomic mass is 32.2. The summed E-state index contributed by atoms with van der Waals surface area (Å²) < 4.78 is 21.7. The van der Waals surface area contributed by atoms with E-state index in [4.69, 9.17) is 0 Å². The predicted molar refractivity (Wildman–Crippen MR) is 106 cm³/mol. The summed E-state index contributed by atoms with van der Waals surface area (Å²) in [6.07, 6.45) is 0.573. The van der Waals surface area contributed by atoms with Crippen LogP contribution >= 0.6 is 0 Å². The van der Waals surface area contributed by atoms with Gasteiger partial charge in [-0.2, -0.15) is 0 Å². The molecule has 0 aliphatic carbocycles. The second-order valence-corrected chi connectivity index (χ2v) is 7.26. The number of amides is 1. The standard InChI is InChI=1S/C19H20N4O3S/c1-12(2)21-18-16-9-15(7-8-17(16)22-23-19(18)20-11-24)14-5-3-13(4-6-14)10-27(25)26/h3-9,11-12H,10H2,1-2H3,(H,21,22)(H,25,26)(H,20,23,24)/p-1. The molecule has 1 aromatic heterocycles. The van der Waals surface area contributed by atoms with Crippen LogP contribution in [0.3, 0.4) is 0 Å². The first kappa shape index (κ1) is 18.9. The van der Waals surface area contributed by atoms with Crippen LogP contribution in [0.5, 0.6) is 0 Å². The van der Waals surface area contributed by atoms with Gasteiger partial charge in [0.1, 0.15) is 0 Å². The fourth-order valence-corrected chi connectivity index (χ4v) is 3.27. The predicted octanol–water partition coefficient (Wildman–Crippen LogP) is 3.06. The molecule has 2 N–H and O–H groups in total. The average molecular weight is 383 g/mol. The fourth-order valence-electron chi connectivity index (χ4n) is 2.81. The highest BCUT2D eigenvalue weighted by molar-refractivity contribution is 7.78. The molecule has 3 aromatic rings. The van der Waals surface area contributed by atoms with E-state index in [2.05, 4.69) is 20.8 Å². The third kappa shape index (κ3) is 4.47. The van der Waals surface area contributed by atoms with Gasteiger partial charge in [0.25, 0.3) is 0 Å². The molecular weight excluding hydrogens is 364 g/mol. The number of nitrogens with one attached hydrogen (secondary N) is 2. The van der Waals surface area contributed by atoms with Crippen LogP contribution < -0.4 is 10.6 Å². The zero-order valence-corrected chi connectivity index (χ0v) is 15.7. The van der Waals surface area contributed by atoms with Crippen molar-refractivity contribution in [3.8, 4) is 11.1 Å². The van der Waals surface area contributed by atoms with Gasteiger partial charge >= 0.3 is 0 Å². The summed E-state index contributed by atoms with van der Waals surface area (Å²) in [6.45, 7) is 4.00. The number of carbonyl (C=O) groups excluding carboxylic acids is 1. The third-order valence-corrected chi connectivity index (χ3v) is 4.53. The lowest BCUT2D eigenvalue weighted by Gasteiger charge is -2.16. The molecule has 0 bridgehead atoms. The number of hydrogen-bond donors (Lipinski definition) is 2. The Morgan fingerprint density at radius 2 is 1.81 bits per heavy atom. The van der Waals surface area contributed by atoms with Crippen molar-refractivity contribution in [1.82, 2.24) is 10.2 Å². The zero-order valence-electron chi connectivity index (χ0n) is 14.9. The van der Waals surface area contributed by atoms with Crippen molar-refractivity contribution in [2.45, 2.75) is 25.6 Å². The Kier molecular flexibility index (Phi) is 5.78. The number of carbonyl (C=O) groups is 1. The van der Waals surface area contributed by atoms with Crippen LogP contribution in [-0.4, -0.2) is 31.4 Å².